The second-order valence-electron chi connectivity index (χ2n) is 4.78. The Morgan fingerprint density at radius 1 is 1.45 bits per heavy atom. The average molecular weight is 290 g/mol. The molecule has 20 heavy (non-hydrogen) atoms. The third kappa shape index (κ3) is 1.90. The highest BCUT2D eigenvalue weighted by molar-refractivity contribution is 7.21. The first-order chi connectivity index (χ1) is 9.59. The number of hydrogen-bond acceptors (Lipinski definition) is 5. The van der Waals surface area contributed by atoms with Crippen LogP contribution in [-0.2, 0) is 4.79 Å². The van der Waals surface area contributed by atoms with Crippen LogP contribution in [0.4, 0.5) is 5.69 Å². The molecule has 6 nitrogen and oxygen atoms in total. The highest BCUT2D eigenvalue weighted by Crippen LogP contribution is 2.35. The molecule has 0 aliphatic carbocycles. The van der Waals surface area contributed by atoms with Crippen molar-refractivity contribution in [1.82, 2.24) is 9.88 Å². The van der Waals surface area contributed by atoms with Crippen LogP contribution in [0.15, 0.2) is 18.5 Å². The summed E-state index contributed by atoms with van der Waals surface area (Å²) in [5.74, 6) is -0.679. The zero-order chi connectivity index (χ0) is 14.3. The molecule has 1 saturated heterocycles. The normalized spacial score (nSPS) is 18.6. The molecule has 0 bridgehead atoms. The Morgan fingerprint density at radius 2 is 2.25 bits per heavy atom. The van der Waals surface area contributed by atoms with E-state index in [9.17, 15) is 9.59 Å². The molecule has 1 fully saturated rings. The molecule has 104 valence electrons. The average Bonchev–Trinajstić information content (AvgIpc) is 3.04. The van der Waals surface area contributed by atoms with Gasteiger partial charge >= 0.3 is 0 Å². The van der Waals surface area contributed by atoms with Crippen molar-refractivity contribution in [2.24, 2.45) is 5.73 Å². The zero-order valence-electron chi connectivity index (χ0n) is 10.7. The molecule has 1 aliphatic heterocycles. The SMILES string of the molecule is NC(=O)C1CCCN1C(=O)c1sc2cnccc2c1N. The van der Waals surface area contributed by atoms with Gasteiger partial charge in [-0.1, -0.05) is 0 Å². The minimum atomic E-state index is -0.523. The predicted octanol–water partition coefficient (Wildman–Crippen LogP) is 0.968. The number of nitrogens with two attached hydrogens (primary N) is 2. The van der Waals surface area contributed by atoms with Crippen molar-refractivity contribution >= 4 is 38.9 Å². The molecule has 1 atom stereocenters. The van der Waals surface area contributed by atoms with E-state index in [1.807, 2.05) is 0 Å². The van der Waals surface area contributed by atoms with E-state index in [1.165, 1.54) is 16.2 Å². The van der Waals surface area contributed by atoms with Crippen LogP contribution in [0.1, 0.15) is 22.5 Å². The van der Waals surface area contributed by atoms with Crippen molar-refractivity contribution in [2.45, 2.75) is 18.9 Å². The first kappa shape index (κ1) is 12.9. The number of thiophene rings is 1. The predicted molar refractivity (Wildman–Crippen MR) is 77.3 cm³/mol. The van der Waals surface area contributed by atoms with Crippen molar-refractivity contribution in [3.63, 3.8) is 0 Å². The number of pyridine rings is 1. The van der Waals surface area contributed by atoms with E-state index < -0.39 is 11.9 Å². The number of anilines is 1. The van der Waals surface area contributed by atoms with Gasteiger partial charge in [0, 0.05) is 24.3 Å². The van der Waals surface area contributed by atoms with E-state index in [0.29, 0.717) is 23.5 Å². The Labute approximate surface area is 119 Å². The van der Waals surface area contributed by atoms with Crippen LogP contribution in [0.2, 0.25) is 0 Å². The van der Waals surface area contributed by atoms with E-state index in [4.69, 9.17) is 11.5 Å². The summed E-state index contributed by atoms with van der Waals surface area (Å²) in [5, 5.41) is 0.822. The van der Waals surface area contributed by atoms with Gasteiger partial charge in [-0.3, -0.25) is 14.6 Å². The van der Waals surface area contributed by atoms with E-state index in [-0.39, 0.29) is 5.91 Å². The van der Waals surface area contributed by atoms with E-state index in [2.05, 4.69) is 4.98 Å². The lowest BCUT2D eigenvalue weighted by atomic mass is 10.2. The molecule has 1 unspecified atom stereocenters. The number of primary amides is 1. The van der Waals surface area contributed by atoms with E-state index in [1.54, 1.807) is 18.5 Å². The maximum Gasteiger partial charge on any atom is 0.266 e. The van der Waals surface area contributed by atoms with Gasteiger partial charge in [0.2, 0.25) is 5.91 Å². The number of nitrogens with zero attached hydrogens (tertiary/aromatic N) is 2. The molecular formula is C13H14N4O2S. The number of amides is 2. The minimum Gasteiger partial charge on any atom is -0.397 e. The third-order valence-corrected chi connectivity index (χ3v) is 4.71. The largest absolute Gasteiger partial charge is 0.397 e. The second kappa shape index (κ2) is 4.75. The number of likely N-dealkylation sites (tertiary alicyclic amines) is 1. The highest BCUT2D eigenvalue weighted by atomic mass is 32.1. The van der Waals surface area contributed by atoms with Gasteiger partial charge in [-0.2, -0.15) is 0 Å². The van der Waals surface area contributed by atoms with Gasteiger partial charge in [-0.15, -0.1) is 11.3 Å². The van der Waals surface area contributed by atoms with Gasteiger partial charge in [-0.25, -0.2) is 0 Å². The quantitative estimate of drug-likeness (QED) is 0.860. The molecule has 1 aliphatic rings. The Hall–Kier alpha value is -2.15. The number of carbonyl (C=O) groups is 2. The summed E-state index contributed by atoms with van der Waals surface area (Å²) < 4.78 is 0.864. The van der Waals surface area contributed by atoms with Crippen LogP contribution >= 0.6 is 11.3 Å². The van der Waals surface area contributed by atoms with E-state index in [0.717, 1.165) is 16.5 Å². The van der Waals surface area contributed by atoms with Gasteiger partial charge in [-0.05, 0) is 18.9 Å². The van der Waals surface area contributed by atoms with E-state index >= 15 is 0 Å². The summed E-state index contributed by atoms with van der Waals surface area (Å²) in [6, 6.07) is 1.26. The standard InChI is InChI=1S/C13H14N4O2S/c14-10-7-3-4-16-6-9(7)20-11(10)13(19)17-5-1-2-8(17)12(15)18/h3-4,6,8H,1-2,5,14H2,(H2,15,18). The lowest BCUT2D eigenvalue weighted by molar-refractivity contribution is -0.121. The summed E-state index contributed by atoms with van der Waals surface area (Å²) in [6.07, 6.45) is 4.73. The lowest BCUT2D eigenvalue weighted by Crippen LogP contribution is -2.43. The highest BCUT2D eigenvalue weighted by Gasteiger charge is 2.34. The Bertz CT molecular complexity index is 697. The smallest absolute Gasteiger partial charge is 0.266 e. The number of rotatable bonds is 2. The fourth-order valence-electron chi connectivity index (χ4n) is 2.57. The first-order valence-electron chi connectivity index (χ1n) is 6.32. The maximum absolute atomic E-state index is 12.6. The molecule has 0 aromatic carbocycles. The number of hydrogen-bond donors (Lipinski definition) is 2. The number of fused-ring (bicyclic) bond motifs is 1. The summed E-state index contributed by atoms with van der Waals surface area (Å²) in [6.45, 7) is 0.540. The second-order valence-corrected chi connectivity index (χ2v) is 5.83. The first-order valence-corrected chi connectivity index (χ1v) is 7.13. The zero-order valence-corrected chi connectivity index (χ0v) is 11.5. The number of nitrogen functional groups attached to an aromatic ring is 1. The molecule has 2 amide bonds. The summed E-state index contributed by atoms with van der Waals surface area (Å²) in [5.41, 5.74) is 11.8. The number of carbonyl (C=O) groups excluding carboxylic acids is 2. The molecule has 3 heterocycles. The number of aromatic nitrogens is 1. The molecule has 4 N–H and O–H groups in total. The van der Waals surface area contributed by atoms with Crippen LogP contribution in [-0.4, -0.2) is 34.3 Å². The van der Waals surface area contributed by atoms with Crippen LogP contribution < -0.4 is 11.5 Å². The maximum atomic E-state index is 12.6. The van der Waals surface area contributed by atoms with Gasteiger partial charge < -0.3 is 16.4 Å². The van der Waals surface area contributed by atoms with Crippen LogP contribution in [0.3, 0.4) is 0 Å². The van der Waals surface area contributed by atoms with Gasteiger partial charge in [0.05, 0.1) is 10.4 Å². The molecule has 2 aromatic heterocycles. The van der Waals surface area contributed by atoms with Crippen molar-refractivity contribution in [3.05, 3.63) is 23.3 Å². The van der Waals surface area contributed by atoms with Crippen molar-refractivity contribution in [1.29, 1.82) is 0 Å². The molecule has 3 rings (SSSR count). The summed E-state index contributed by atoms with van der Waals surface area (Å²) in [4.78, 5) is 30.0. The van der Waals surface area contributed by atoms with Gasteiger partial charge in [0.1, 0.15) is 10.9 Å². The molecule has 2 aromatic rings. The topological polar surface area (TPSA) is 102 Å². The van der Waals surface area contributed by atoms with Crippen molar-refractivity contribution in [3.8, 4) is 0 Å². The monoisotopic (exact) mass is 290 g/mol. The lowest BCUT2D eigenvalue weighted by Gasteiger charge is -2.21. The Morgan fingerprint density at radius 3 is 2.95 bits per heavy atom. The Kier molecular flexibility index (Phi) is 3.06. The third-order valence-electron chi connectivity index (χ3n) is 3.57. The van der Waals surface area contributed by atoms with Gasteiger partial charge in [0.15, 0.2) is 0 Å². The Balaban J connectivity index is 2.00. The fraction of sp³-hybridized carbons (Fsp3) is 0.308. The summed E-state index contributed by atoms with van der Waals surface area (Å²) >= 11 is 1.30. The molecule has 7 heteroatoms. The molecule has 0 radical (unpaired) electrons. The molecule has 0 saturated carbocycles. The van der Waals surface area contributed by atoms with Crippen molar-refractivity contribution < 1.29 is 9.59 Å². The van der Waals surface area contributed by atoms with Crippen LogP contribution in [0.25, 0.3) is 10.1 Å². The molecule has 0 spiro atoms. The van der Waals surface area contributed by atoms with Crippen LogP contribution in [0, 0.1) is 0 Å². The minimum absolute atomic E-state index is 0.218. The van der Waals surface area contributed by atoms with Crippen molar-refractivity contribution in [2.75, 3.05) is 12.3 Å². The van der Waals surface area contributed by atoms with Gasteiger partial charge in [0.25, 0.3) is 5.91 Å². The fourth-order valence-corrected chi connectivity index (χ4v) is 3.61. The van der Waals surface area contributed by atoms with Crippen LogP contribution in [0.5, 0.6) is 0 Å². The summed E-state index contributed by atoms with van der Waals surface area (Å²) in [7, 11) is 0. The molecular weight excluding hydrogens is 276 g/mol.